The molecular formula is C19H17ClN2O2. The van der Waals surface area contributed by atoms with Gasteiger partial charge in [0.05, 0.1) is 7.11 Å². The minimum Gasteiger partial charge on any atom is -0.496 e. The quantitative estimate of drug-likeness (QED) is 0.658. The number of hydrogen-bond donors (Lipinski definition) is 1. The van der Waals surface area contributed by atoms with Gasteiger partial charge in [-0.1, -0.05) is 29.8 Å². The maximum absolute atomic E-state index is 12.4. The van der Waals surface area contributed by atoms with Crippen LogP contribution in [0.25, 0.3) is 6.08 Å². The van der Waals surface area contributed by atoms with Crippen LogP contribution in [0.5, 0.6) is 5.75 Å². The third kappa shape index (κ3) is 3.95. The third-order valence-electron chi connectivity index (χ3n) is 3.62. The molecule has 0 heterocycles. The van der Waals surface area contributed by atoms with E-state index in [0.717, 1.165) is 11.1 Å². The van der Waals surface area contributed by atoms with Crippen LogP contribution in [-0.2, 0) is 4.79 Å². The van der Waals surface area contributed by atoms with Crippen molar-refractivity contribution in [2.75, 3.05) is 12.4 Å². The fraction of sp³-hybridized carbons (Fsp3) is 0.158. The van der Waals surface area contributed by atoms with Crippen LogP contribution in [0.3, 0.4) is 0 Å². The number of benzene rings is 2. The summed E-state index contributed by atoms with van der Waals surface area (Å²) in [5.41, 5.74) is 3.02. The van der Waals surface area contributed by atoms with E-state index in [1.54, 1.807) is 38.3 Å². The second-order valence-corrected chi connectivity index (χ2v) is 5.67. The van der Waals surface area contributed by atoms with Gasteiger partial charge >= 0.3 is 0 Å². The Bertz CT molecular complexity index is 851. The molecule has 0 atom stereocenters. The SMILES string of the molecule is COc1cc(/C=C(/C#N)C(=O)Nc2cccc(Cl)c2C)ccc1C. The monoisotopic (exact) mass is 340 g/mol. The van der Waals surface area contributed by atoms with Crippen molar-refractivity contribution < 1.29 is 9.53 Å². The average molecular weight is 341 g/mol. The van der Waals surface area contributed by atoms with Crippen molar-refractivity contribution >= 4 is 29.3 Å². The van der Waals surface area contributed by atoms with Crippen LogP contribution in [0.1, 0.15) is 16.7 Å². The van der Waals surface area contributed by atoms with Crippen LogP contribution in [-0.4, -0.2) is 13.0 Å². The van der Waals surface area contributed by atoms with E-state index < -0.39 is 5.91 Å². The van der Waals surface area contributed by atoms with Gasteiger partial charge in [0, 0.05) is 10.7 Å². The highest BCUT2D eigenvalue weighted by molar-refractivity contribution is 6.31. The van der Waals surface area contributed by atoms with Crippen LogP contribution in [0.4, 0.5) is 5.69 Å². The second-order valence-electron chi connectivity index (χ2n) is 5.27. The molecule has 2 rings (SSSR count). The predicted molar refractivity (Wildman–Crippen MR) is 96.1 cm³/mol. The molecule has 0 aliphatic rings. The van der Waals surface area contributed by atoms with E-state index in [2.05, 4.69) is 5.32 Å². The Labute approximate surface area is 146 Å². The van der Waals surface area contributed by atoms with Gasteiger partial charge in [-0.3, -0.25) is 4.79 Å². The molecule has 1 amide bonds. The Morgan fingerprint density at radius 2 is 2.04 bits per heavy atom. The zero-order valence-electron chi connectivity index (χ0n) is 13.7. The number of halogens is 1. The van der Waals surface area contributed by atoms with E-state index >= 15 is 0 Å². The first kappa shape index (κ1) is 17.6. The molecule has 24 heavy (non-hydrogen) atoms. The van der Waals surface area contributed by atoms with E-state index in [4.69, 9.17) is 16.3 Å². The van der Waals surface area contributed by atoms with Crippen molar-refractivity contribution in [3.63, 3.8) is 0 Å². The highest BCUT2D eigenvalue weighted by atomic mass is 35.5. The Morgan fingerprint density at radius 1 is 1.29 bits per heavy atom. The van der Waals surface area contributed by atoms with E-state index in [9.17, 15) is 10.1 Å². The molecule has 0 saturated heterocycles. The first-order valence-electron chi connectivity index (χ1n) is 7.29. The lowest BCUT2D eigenvalue weighted by Crippen LogP contribution is -2.14. The number of carbonyl (C=O) groups excluding carboxylic acids is 1. The molecule has 0 bridgehead atoms. The topological polar surface area (TPSA) is 62.1 Å². The van der Waals surface area contributed by atoms with Gasteiger partial charge in [0.25, 0.3) is 5.91 Å². The highest BCUT2D eigenvalue weighted by Gasteiger charge is 2.12. The summed E-state index contributed by atoms with van der Waals surface area (Å²) in [6.45, 7) is 3.73. The Kier molecular flexibility index (Phi) is 5.62. The number of nitrogens with one attached hydrogen (secondary N) is 1. The molecule has 0 saturated carbocycles. The number of aryl methyl sites for hydroxylation is 1. The number of nitrogens with zero attached hydrogens (tertiary/aromatic N) is 1. The van der Waals surface area contributed by atoms with E-state index in [1.165, 1.54) is 6.08 Å². The largest absolute Gasteiger partial charge is 0.496 e. The standard InChI is InChI=1S/C19H17ClN2O2/c1-12-7-8-14(10-18(12)24-3)9-15(11-21)19(23)22-17-6-4-5-16(20)13(17)2/h4-10H,1-3H3,(H,22,23)/b15-9-. The van der Waals surface area contributed by atoms with Gasteiger partial charge in [-0.2, -0.15) is 5.26 Å². The van der Waals surface area contributed by atoms with Crippen molar-refractivity contribution in [1.29, 1.82) is 5.26 Å². The van der Waals surface area contributed by atoms with Gasteiger partial charge in [-0.25, -0.2) is 0 Å². The minimum absolute atomic E-state index is 0.000261. The lowest BCUT2D eigenvalue weighted by atomic mass is 10.1. The van der Waals surface area contributed by atoms with Gasteiger partial charge in [-0.05, 0) is 54.8 Å². The molecule has 0 spiro atoms. The zero-order chi connectivity index (χ0) is 17.7. The Hall–Kier alpha value is -2.77. The van der Waals surface area contributed by atoms with Crippen molar-refractivity contribution in [1.82, 2.24) is 0 Å². The Balaban J connectivity index is 2.29. The third-order valence-corrected chi connectivity index (χ3v) is 4.03. The summed E-state index contributed by atoms with van der Waals surface area (Å²) >= 11 is 6.04. The smallest absolute Gasteiger partial charge is 0.266 e. The van der Waals surface area contributed by atoms with Gasteiger partial charge in [0.1, 0.15) is 17.4 Å². The lowest BCUT2D eigenvalue weighted by molar-refractivity contribution is -0.112. The summed E-state index contributed by atoms with van der Waals surface area (Å²) in [5.74, 6) is 0.217. The number of ether oxygens (including phenoxy) is 1. The molecule has 122 valence electrons. The highest BCUT2D eigenvalue weighted by Crippen LogP contribution is 2.24. The summed E-state index contributed by atoms with van der Waals surface area (Å²) in [7, 11) is 1.58. The average Bonchev–Trinajstić information content (AvgIpc) is 2.58. The van der Waals surface area contributed by atoms with Gasteiger partial charge < -0.3 is 10.1 Å². The number of rotatable bonds is 4. The molecule has 0 aromatic heterocycles. The van der Waals surface area contributed by atoms with Crippen molar-refractivity contribution in [2.45, 2.75) is 13.8 Å². The molecule has 0 fully saturated rings. The van der Waals surface area contributed by atoms with Crippen LogP contribution in [0.2, 0.25) is 5.02 Å². The van der Waals surface area contributed by atoms with Crippen LogP contribution >= 0.6 is 11.6 Å². The fourth-order valence-electron chi connectivity index (χ4n) is 2.17. The molecule has 1 N–H and O–H groups in total. The number of hydrogen-bond acceptors (Lipinski definition) is 3. The molecule has 2 aromatic rings. The van der Waals surface area contributed by atoms with Crippen molar-refractivity contribution in [3.05, 3.63) is 63.7 Å². The summed E-state index contributed by atoms with van der Waals surface area (Å²) in [5, 5.41) is 12.6. The van der Waals surface area contributed by atoms with Crippen molar-refractivity contribution in [2.24, 2.45) is 0 Å². The summed E-state index contributed by atoms with van der Waals surface area (Å²) in [6.07, 6.45) is 1.52. The lowest BCUT2D eigenvalue weighted by Gasteiger charge is -2.09. The molecular weight excluding hydrogens is 324 g/mol. The molecule has 0 aliphatic carbocycles. The van der Waals surface area contributed by atoms with Gasteiger partial charge in [0.15, 0.2) is 0 Å². The fourth-order valence-corrected chi connectivity index (χ4v) is 2.35. The number of anilines is 1. The second kappa shape index (κ2) is 7.67. The summed E-state index contributed by atoms with van der Waals surface area (Å²) in [6, 6.07) is 12.6. The maximum atomic E-state index is 12.4. The minimum atomic E-state index is -0.484. The summed E-state index contributed by atoms with van der Waals surface area (Å²) in [4.78, 5) is 12.4. The number of carbonyl (C=O) groups is 1. The van der Waals surface area contributed by atoms with Gasteiger partial charge in [0.2, 0.25) is 0 Å². The number of methoxy groups -OCH3 is 1. The molecule has 0 radical (unpaired) electrons. The van der Waals surface area contributed by atoms with E-state index in [0.29, 0.717) is 22.0 Å². The van der Waals surface area contributed by atoms with E-state index in [1.807, 2.05) is 25.1 Å². The molecule has 4 nitrogen and oxygen atoms in total. The number of amides is 1. The van der Waals surface area contributed by atoms with Crippen molar-refractivity contribution in [3.8, 4) is 11.8 Å². The predicted octanol–water partition coefficient (Wildman–Crippen LogP) is 4.51. The molecule has 5 heteroatoms. The number of nitriles is 1. The van der Waals surface area contributed by atoms with Crippen LogP contribution in [0, 0.1) is 25.2 Å². The van der Waals surface area contributed by atoms with Crippen LogP contribution < -0.4 is 10.1 Å². The van der Waals surface area contributed by atoms with Crippen LogP contribution in [0.15, 0.2) is 42.0 Å². The van der Waals surface area contributed by atoms with Gasteiger partial charge in [-0.15, -0.1) is 0 Å². The molecule has 0 unspecified atom stereocenters. The normalized spacial score (nSPS) is 10.9. The first-order chi connectivity index (χ1) is 11.5. The first-order valence-corrected chi connectivity index (χ1v) is 7.67. The Morgan fingerprint density at radius 3 is 2.71 bits per heavy atom. The zero-order valence-corrected chi connectivity index (χ0v) is 14.4. The summed E-state index contributed by atoms with van der Waals surface area (Å²) < 4.78 is 5.26. The van der Waals surface area contributed by atoms with E-state index in [-0.39, 0.29) is 5.57 Å². The molecule has 2 aromatic carbocycles. The molecule has 0 aliphatic heterocycles. The maximum Gasteiger partial charge on any atom is 0.266 e.